The summed E-state index contributed by atoms with van der Waals surface area (Å²) in [6.07, 6.45) is 3.42. The van der Waals surface area contributed by atoms with Gasteiger partial charge in [0.05, 0.1) is 11.7 Å². The lowest BCUT2D eigenvalue weighted by atomic mass is 9.99. The zero-order chi connectivity index (χ0) is 13.1. The van der Waals surface area contributed by atoms with Crippen LogP contribution in [-0.2, 0) is 11.3 Å². The zero-order valence-electron chi connectivity index (χ0n) is 10.3. The molecule has 0 spiro atoms. The van der Waals surface area contributed by atoms with Gasteiger partial charge in [-0.25, -0.2) is 4.79 Å². The second-order valence-electron chi connectivity index (χ2n) is 4.58. The third kappa shape index (κ3) is 2.61. The van der Waals surface area contributed by atoms with E-state index in [1.165, 1.54) is 22.9 Å². The van der Waals surface area contributed by atoms with Crippen molar-refractivity contribution in [1.82, 2.24) is 4.57 Å². The molecule has 5 heteroatoms. The quantitative estimate of drug-likeness (QED) is 0.877. The van der Waals surface area contributed by atoms with Gasteiger partial charge in [0, 0.05) is 31.3 Å². The summed E-state index contributed by atoms with van der Waals surface area (Å²) in [4.78, 5) is 22.6. The van der Waals surface area contributed by atoms with Gasteiger partial charge in [-0.15, -0.1) is 0 Å². The summed E-state index contributed by atoms with van der Waals surface area (Å²) in [7, 11) is 0. The van der Waals surface area contributed by atoms with Crippen molar-refractivity contribution in [3.8, 4) is 0 Å². The molecule has 0 amide bonds. The lowest BCUT2D eigenvalue weighted by molar-refractivity contribution is 0.0695. The van der Waals surface area contributed by atoms with Crippen molar-refractivity contribution >= 4 is 5.97 Å². The van der Waals surface area contributed by atoms with Gasteiger partial charge in [0.2, 0.25) is 0 Å². The van der Waals surface area contributed by atoms with Gasteiger partial charge in [0.25, 0.3) is 5.56 Å². The Hall–Kier alpha value is -1.62. The lowest BCUT2D eigenvalue weighted by Crippen LogP contribution is -2.27. The molecular formula is C13H17NO4. The Kier molecular flexibility index (Phi) is 3.81. The molecule has 18 heavy (non-hydrogen) atoms. The van der Waals surface area contributed by atoms with E-state index in [9.17, 15) is 9.59 Å². The average molecular weight is 251 g/mol. The predicted octanol–water partition coefficient (Wildman–Crippen LogP) is 1.36. The minimum absolute atomic E-state index is 0.140. The number of nitrogens with zero attached hydrogens (tertiary/aromatic N) is 1. The summed E-state index contributed by atoms with van der Waals surface area (Å²) in [5.41, 5.74) is -0.0247. The Bertz CT molecular complexity index is 494. The molecule has 2 heterocycles. The molecule has 0 aromatic carbocycles. The smallest absolute Gasteiger partial charge is 0.337 e. The van der Waals surface area contributed by atoms with E-state index < -0.39 is 5.97 Å². The van der Waals surface area contributed by atoms with E-state index in [0.29, 0.717) is 6.54 Å². The van der Waals surface area contributed by atoms with Crippen LogP contribution in [0.25, 0.3) is 0 Å². The maximum Gasteiger partial charge on any atom is 0.337 e. The Morgan fingerprint density at radius 1 is 1.56 bits per heavy atom. The lowest BCUT2D eigenvalue weighted by Gasteiger charge is -2.18. The number of carbonyl (C=O) groups is 1. The zero-order valence-corrected chi connectivity index (χ0v) is 10.3. The average Bonchev–Trinajstić information content (AvgIpc) is 2.79. The van der Waals surface area contributed by atoms with E-state index >= 15 is 0 Å². The molecule has 5 nitrogen and oxygen atoms in total. The molecule has 1 aliphatic heterocycles. The van der Waals surface area contributed by atoms with Crippen LogP contribution in [0, 0.1) is 5.92 Å². The molecule has 1 aliphatic rings. The molecule has 1 N–H and O–H groups in total. The molecular weight excluding hydrogens is 234 g/mol. The van der Waals surface area contributed by atoms with E-state index in [-0.39, 0.29) is 23.1 Å². The van der Waals surface area contributed by atoms with Crippen molar-refractivity contribution in [1.29, 1.82) is 0 Å². The highest BCUT2D eigenvalue weighted by molar-refractivity contribution is 5.87. The molecule has 1 aromatic heterocycles. The van der Waals surface area contributed by atoms with Gasteiger partial charge >= 0.3 is 5.97 Å². The maximum atomic E-state index is 11.7. The van der Waals surface area contributed by atoms with Crippen LogP contribution in [0.15, 0.2) is 23.1 Å². The Labute approximate surface area is 105 Å². The van der Waals surface area contributed by atoms with Gasteiger partial charge in [-0.2, -0.15) is 0 Å². The first-order valence-corrected chi connectivity index (χ1v) is 6.17. The van der Waals surface area contributed by atoms with E-state index in [2.05, 4.69) is 6.92 Å². The number of carboxylic acid groups (broad SMARTS) is 1. The van der Waals surface area contributed by atoms with Crippen molar-refractivity contribution in [2.75, 3.05) is 6.61 Å². The predicted molar refractivity (Wildman–Crippen MR) is 65.8 cm³/mol. The Morgan fingerprint density at radius 3 is 3.00 bits per heavy atom. The normalized spacial score (nSPS) is 23.2. The third-order valence-electron chi connectivity index (χ3n) is 3.41. The first kappa shape index (κ1) is 12.8. The maximum absolute atomic E-state index is 11.7. The number of hydrogen-bond acceptors (Lipinski definition) is 3. The van der Waals surface area contributed by atoms with Crippen LogP contribution in [0.3, 0.4) is 0 Å². The van der Waals surface area contributed by atoms with Gasteiger partial charge in [0.1, 0.15) is 0 Å². The van der Waals surface area contributed by atoms with Crippen LogP contribution in [0.4, 0.5) is 0 Å². The summed E-state index contributed by atoms with van der Waals surface area (Å²) in [5.74, 6) is -0.727. The highest BCUT2D eigenvalue weighted by Gasteiger charge is 2.27. The largest absolute Gasteiger partial charge is 0.478 e. The second kappa shape index (κ2) is 5.35. The molecule has 1 fully saturated rings. The molecule has 0 radical (unpaired) electrons. The van der Waals surface area contributed by atoms with E-state index in [0.717, 1.165) is 19.4 Å². The van der Waals surface area contributed by atoms with Gasteiger partial charge in [-0.3, -0.25) is 4.79 Å². The summed E-state index contributed by atoms with van der Waals surface area (Å²) in [6, 6.07) is 2.64. The fourth-order valence-corrected chi connectivity index (χ4v) is 2.41. The van der Waals surface area contributed by atoms with E-state index in [1.54, 1.807) is 0 Å². The Balaban J connectivity index is 2.20. The topological polar surface area (TPSA) is 68.5 Å². The Morgan fingerprint density at radius 2 is 2.33 bits per heavy atom. The number of carboxylic acids is 1. The van der Waals surface area contributed by atoms with Gasteiger partial charge in [-0.1, -0.05) is 6.92 Å². The van der Waals surface area contributed by atoms with Gasteiger partial charge < -0.3 is 14.4 Å². The summed E-state index contributed by atoms with van der Waals surface area (Å²) in [6.45, 7) is 3.30. The van der Waals surface area contributed by atoms with Crippen LogP contribution in [0.2, 0.25) is 0 Å². The SMILES string of the molecule is CCC1OCCC1Cn1cc(C(=O)O)ccc1=O. The standard InChI is InChI=1S/C13H17NO4/c1-2-11-9(5-6-18-11)7-14-8-10(13(16)17)3-4-12(14)15/h3-4,8-9,11H,2,5-7H2,1H3,(H,16,17). The fraction of sp³-hybridized carbons (Fsp3) is 0.538. The number of rotatable bonds is 4. The first-order chi connectivity index (χ1) is 8.61. The van der Waals surface area contributed by atoms with Crippen molar-refractivity contribution in [3.63, 3.8) is 0 Å². The van der Waals surface area contributed by atoms with Crippen LogP contribution in [-0.4, -0.2) is 28.4 Å². The van der Waals surface area contributed by atoms with Gasteiger partial charge in [-0.05, 0) is 18.9 Å². The molecule has 2 unspecified atom stereocenters. The number of hydrogen-bond donors (Lipinski definition) is 1. The first-order valence-electron chi connectivity index (χ1n) is 6.17. The van der Waals surface area contributed by atoms with Crippen molar-refractivity contribution in [3.05, 3.63) is 34.2 Å². The third-order valence-corrected chi connectivity index (χ3v) is 3.41. The molecule has 2 rings (SSSR count). The monoisotopic (exact) mass is 251 g/mol. The molecule has 1 aromatic rings. The molecule has 0 bridgehead atoms. The minimum atomic E-state index is -1.02. The molecule has 2 atom stereocenters. The number of aromatic nitrogens is 1. The van der Waals surface area contributed by atoms with Crippen LogP contribution in [0.1, 0.15) is 30.1 Å². The van der Waals surface area contributed by atoms with Crippen LogP contribution >= 0.6 is 0 Å². The van der Waals surface area contributed by atoms with E-state index in [4.69, 9.17) is 9.84 Å². The summed E-state index contributed by atoms with van der Waals surface area (Å²) < 4.78 is 7.05. The van der Waals surface area contributed by atoms with Crippen molar-refractivity contribution < 1.29 is 14.6 Å². The van der Waals surface area contributed by atoms with Crippen LogP contribution < -0.4 is 5.56 Å². The highest BCUT2D eigenvalue weighted by Crippen LogP contribution is 2.24. The van der Waals surface area contributed by atoms with Crippen molar-refractivity contribution in [2.45, 2.75) is 32.4 Å². The molecule has 0 saturated carbocycles. The fourth-order valence-electron chi connectivity index (χ4n) is 2.41. The number of pyridine rings is 1. The number of ether oxygens (including phenoxy) is 1. The van der Waals surface area contributed by atoms with Gasteiger partial charge in [0.15, 0.2) is 0 Å². The summed E-state index contributed by atoms with van der Waals surface area (Å²) in [5, 5.41) is 8.92. The number of aromatic carboxylic acids is 1. The minimum Gasteiger partial charge on any atom is -0.478 e. The van der Waals surface area contributed by atoms with Crippen LogP contribution in [0.5, 0.6) is 0 Å². The summed E-state index contributed by atoms with van der Waals surface area (Å²) >= 11 is 0. The highest BCUT2D eigenvalue weighted by atomic mass is 16.5. The molecule has 98 valence electrons. The second-order valence-corrected chi connectivity index (χ2v) is 4.58. The van der Waals surface area contributed by atoms with Crippen molar-refractivity contribution in [2.24, 2.45) is 5.92 Å². The van der Waals surface area contributed by atoms with E-state index in [1.807, 2.05) is 0 Å². The molecule has 0 aliphatic carbocycles. The molecule has 1 saturated heterocycles.